The van der Waals surface area contributed by atoms with E-state index in [2.05, 4.69) is 39.8 Å². The first kappa shape index (κ1) is 60.7. The standard InChI is InChI=1S/C48H72O14.C15H10O4/c1-11-25(2)43-28(5)17-18-47(62-43)23-34-20-33(61-47)16-15-27(4)42(26(3)13-12-14-32-24-55-45-40(49)29(6)19-35(46(51)58-34)48(32,45)52)59-39-22-37(54-10)44(31(8)57-39)60-38-21-36(53-9)41(50)30(7)56-38;1-7-5-9-13(11(17)6-7)15(19)12-8(14(9)18)3-2-4-10(12)16/h12-15,17-19,25-26,28,30-31,33-45,49-50,52H,11,16,20-24H2,1-10H3;2-6,16-17H,1H3. The Kier molecular flexibility index (Phi) is 18.5. The molecular formula is C63H82O18. The van der Waals surface area contributed by atoms with Crippen molar-refractivity contribution in [1.82, 2.24) is 0 Å². The summed E-state index contributed by atoms with van der Waals surface area (Å²) in [6.07, 6.45) is 8.55. The van der Waals surface area contributed by atoms with Crippen LogP contribution in [0, 0.1) is 30.6 Å². The molecule has 20 unspecified atom stereocenters. The Morgan fingerprint density at radius 3 is 2.22 bits per heavy atom. The molecule has 2 aromatic rings. The predicted molar refractivity (Wildman–Crippen MR) is 295 cm³/mol. The van der Waals surface area contributed by atoms with E-state index in [9.17, 15) is 39.9 Å². The van der Waals surface area contributed by atoms with E-state index in [1.165, 1.54) is 24.3 Å². The van der Waals surface area contributed by atoms with Crippen molar-refractivity contribution in [1.29, 1.82) is 0 Å². The third-order valence-corrected chi connectivity index (χ3v) is 17.8. The first-order chi connectivity index (χ1) is 38.5. The largest absolute Gasteiger partial charge is 0.507 e. The van der Waals surface area contributed by atoms with Gasteiger partial charge in [-0.1, -0.05) is 82.7 Å². The minimum atomic E-state index is -1.84. The number of aromatic hydroxyl groups is 2. The van der Waals surface area contributed by atoms with Crippen LogP contribution in [-0.4, -0.2) is 161 Å². The van der Waals surface area contributed by atoms with E-state index in [0.29, 0.717) is 48.8 Å². The summed E-state index contributed by atoms with van der Waals surface area (Å²) >= 11 is 0. The van der Waals surface area contributed by atoms with E-state index in [0.717, 1.165) is 12.0 Å². The molecule has 0 amide bonds. The zero-order valence-electron chi connectivity index (χ0n) is 48.3. The molecule has 2 bridgehead atoms. The number of phenolic OH excluding ortho intramolecular Hbond substituents is 2. The summed E-state index contributed by atoms with van der Waals surface area (Å²) in [5, 5.41) is 53.9. The molecule has 8 aliphatic rings. The molecule has 0 aromatic heterocycles. The quantitative estimate of drug-likeness (QED) is 0.108. The molecule has 81 heavy (non-hydrogen) atoms. The highest BCUT2D eigenvalue weighted by Gasteiger charge is 2.60. The molecule has 442 valence electrons. The van der Waals surface area contributed by atoms with Crippen LogP contribution >= 0.6 is 0 Å². The first-order valence-electron chi connectivity index (χ1n) is 28.6. The molecule has 20 atom stereocenters. The number of fused-ring (bicyclic) bond motifs is 4. The van der Waals surface area contributed by atoms with Gasteiger partial charge in [-0.15, -0.1) is 0 Å². The van der Waals surface area contributed by atoms with Gasteiger partial charge in [-0.25, -0.2) is 0 Å². The summed E-state index contributed by atoms with van der Waals surface area (Å²) in [7, 11) is 3.22. The number of aliphatic hydroxyl groups is 3. The van der Waals surface area contributed by atoms with E-state index >= 15 is 0 Å². The Balaban J connectivity index is 0.000000349. The van der Waals surface area contributed by atoms with Crippen LogP contribution in [0.5, 0.6) is 11.5 Å². The lowest BCUT2D eigenvalue weighted by Gasteiger charge is -2.48. The van der Waals surface area contributed by atoms with E-state index in [-0.39, 0.29) is 82.2 Å². The van der Waals surface area contributed by atoms with Crippen molar-refractivity contribution in [2.24, 2.45) is 23.7 Å². The first-order valence-corrected chi connectivity index (χ1v) is 28.6. The molecule has 10 rings (SSSR count). The highest BCUT2D eigenvalue weighted by Crippen LogP contribution is 2.47. The number of allylic oxidation sites excluding steroid dienone is 2. The number of ether oxygens (including phenoxy) is 10. The van der Waals surface area contributed by atoms with Gasteiger partial charge in [0.2, 0.25) is 5.78 Å². The molecule has 0 saturated carbocycles. The van der Waals surface area contributed by atoms with Crippen molar-refractivity contribution in [3.63, 3.8) is 0 Å². The molecule has 18 nitrogen and oxygen atoms in total. The smallest absolute Gasteiger partial charge is 0.316 e. The van der Waals surface area contributed by atoms with Gasteiger partial charge in [0.1, 0.15) is 53.5 Å². The molecule has 4 fully saturated rings. The van der Waals surface area contributed by atoms with Gasteiger partial charge < -0.3 is 72.9 Å². The van der Waals surface area contributed by atoms with Gasteiger partial charge in [0.25, 0.3) is 0 Å². The second kappa shape index (κ2) is 24.7. The van der Waals surface area contributed by atoms with Crippen LogP contribution in [0.3, 0.4) is 0 Å². The lowest BCUT2D eigenvalue weighted by atomic mass is 9.71. The Morgan fingerprint density at radius 1 is 0.790 bits per heavy atom. The van der Waals surface area contributed by atoms with Crippen molar-refractivity contribution in [2.75, 3.05) is 20.8 Å². The number of aryl methyl sites for hydroxylation is 1. The maximum absolute atomic E-state index is 14.3. The molecule has 2 aromatic carbocycles. The minimum absolute atomic E-state index is 0.0317. The maximum atomic E-state index is 14.3. The minimum Gasteiger partial charge on any atom is -0.507 e. The van der Waals surface area contributed by atoms with Crippen LogP contribution in [-0.2, 0) is 52.2 Å². The molecule has 18 heteroatoms. The number of ketones is 2. The number of rotatable bonds is 8. The Morgan fingerprint density at radius 2 is 1.49 bits per heavy atom. The summed E-state index contributed by atoms with van der Waals surface area (Å²) in [5.41, 5.74) is 1.10. The zero-order valence-corrected chi connectivity index (χ0v) is 48.3. The summed E-state index contributed by atoms with van der Waals surface area (Å²) < 4.78 is 63.7. The summed E-state index contributed by atoms with van der Waals surface area (Å²) in [5.74, 6) is -3.94. The molecule has 2 aliphatic carbocycles. The fourth-order valence-corrected chi connectivity index (χ4v) is 13.0. The molecular weight excluding hydrogens is 1040 g/mol. The summed E-state index contributed by atoms with van der Waals surface area (Å²) in [4.78, 5) is 39.0. The highest BCUT2D eigenvalue weighted by molar-refractivity contribution is 6.30. The molecule has 1 spiro atoms. The normalized spacial score (nSPS) is 39.0. The van der Waals surface area contributed by atoms with Crippen molar-refractivity contribution in [3.05, 3.63) is 117 Å². The summed E-state index contributed by atoms with van der Waals surface area (Å²) in [6, 6.07) is 7.36. The van der Waals surface area contributed by atoms with Crippen LogP contribution in [0.25, 0.3) is 0 Å². The van der Waals surface area contributed by atoms with Gasteiger partial charge >= 0.3 is 5.97 Å². The SMILES string of the molecule is CCC(C)C1OC2(C=CC1C)CC1CC(CC=C(C)C(OC3CC(OC)C(OC4CC(OC)C(O)C(C)O4)C(C)O3)C(C)C=CC=C3COC4C(O)C(C)=CC(C(=O)O1)C34O)O2.Cc1cc(O)c2c(c1)C(=O)c1cccc(O)c1C2=O. The maximum Gasteiger partial charge on any atom is 0.316 e. The Hall–Kier alpha value is -4.93. The summed E-state index contributed by atoms with van der Waals surface area (Å²) in [6.45, 7) is 17.8. The molecule has 6 aliphatic heterocycles. The number of benzene rings is 2. The third kappa shape index (κ3) is 12.1. The number of methoxy groups -OCH3 is 2. The lowest BCUT2D eigenvalue weighted by molar-refractivity contribution is -0.318. The average molecular weight is 1130 g/mol. The van der Waals surface area contributed by atoms with Crippen molar-refractivity contribution in [2.45, 2.75) is 198 Å². The fourth-order valence-electron chi connectivity index (χ4n) is 13.0. The second-order valence-electron chi connectivity index (χ2n) is 23.5. The molecule has 6 heterocycles. The topological polar surface area (TPSA) is 245 Å². The highest BCUT2D eigenvalue weighted by atomic mass is 16.7. The van der Waals surface area contributed by atoms with Crippen LogP contribution in [0.4, 0.5) is 0 Å². The Labute approximate surface area is 474 Å². The van der Waals surface area contributed by atoms with Gasteiger partial charge in [0.15, 0.2) is 24.2 Å². The number of hydrogen-bond donors (Lipinski definition) is 5. The molecule has 0 radical (unpaired) electrons. The monoisotopic (exact) mass is 1130 g/mol. The number of esters is 1. The van der Waals surface area contributed by atoms with Gasteiger partial charge in [-0.3, -0.25) is 14.4 Å². The van der Waals surface area contributed by atoms with Gasteiger partial charge in [-0.05, 0) is 93.5 Å². The van der Waals surface area contributed by atoms with E-state index < -0.39 is 96.6 Å². The molecule has 5 N–H and O–H groups in total. The lowest BCUT2D eigenvalue weighted by Crippen LogP contribution is -2.58. The number of phenols is 2. The molecule has 4 saturated heterocycles. The Bertz CT molecular complexity index is 2820. The van der Waals surface area contributed by atoms with Gasteiger partial charge in [0, 0.05) is 62.9 Å². The second-order valence-corrected chi connectivity index (χ2v) is 23.5. The zero-order chi connectivity index (χ0) is 58.4. The average Bonchev–Trinajstić information content (AvgIpc) is 3.13. The van der Waals surface area contributed by atoms with Crippen LogP contribution in [0.15, 0.2) is 89.6 Å². The fraction of sp³-hybridized carbons (Fsp3) is 0.603. The number of carbonyl (C=O) groups excluding carboxylic acids is 3. The third-order valence-electron chi connectivity index (χ3n) is 17.8. The van der Waals surface area contributed by atoms with Crippen molar-refractivity contribution in [3.8, 4) is 11.5 Å². The number of aliphatic hydroxyl groups excluding tert-OH is 2. The number of hydrogen-bond acceptors (Lipinski definition) is 18. The number of carbonyl (C=O) groups is 3. The predicted octanol–water partition coefficient (Wildman–Crippen LogP) is 7.56. The van der Waals surface area contributed by atoms with E-state index in [1.54, 1.807) is 53.2 Å². The van der Waals surface area contributed by atoms with Crippen LogP contribution < -0.4 is 0 Å². The van der Waals surface area contributed by atoms with Crippen molar-refractivity contribution < 1.29 is 87.3 Å². The van der Waals surface area contributed by atoms with Crippen molar-refractivity contribution >= 4 is 17.5 Å². The van der Waals surface area contributed by atoms with E-state index in [1.807, 2.05) is 32.1 Å². The van der Waals surface area contributed by atoms with E-state index in [4.69, 9.17) is 47.4 Å². The van der Waals surface area contributed by atoms with Gasteiger partial charge in [-0.2, -0.15) is 0 Å². The van der Waals surface area contributed by atoms with Gasteiger partial charge in [0.05, 0.1) is 60.5 Å². The van der Waals surface area contributed by atoms with Crippen LogP contribution in [0.1, 0.15) is 131 Å². The van der Waals surface area contributed by atoms with Crippen LogP contribution in [0.2, 0.25) is 0 Å².